The topological polar surface area (TPSA) is 131 Å². The second kappa shape index (κ2) is 17.1. The van der Waals surface area contributed by atoms with Gasteiger partial charge in [0.15, 0.2) is 23.0 Å². The van der Waals surface area contributed by atoms with Gasteiger partial charge in [-0.1, -0.05) is 36.4 Å². The molecule has 12 bridgehead atoms. The normalized spacial score (nSPS) is 16.6. The van der Waals surface area contributed by atoms with Crippen LogP contribution in [0.5, 0.6) is 23.0 Å². The molecule has 12 nitrogen and oxygen atoms in total. The fourth-order valence-corrected chi connectivity index (χ4v) is 6.42. The first-order valence-electron chi connectivity index (χ1n) is 18.2. The molecule has 0 amide bonds. The molecule has 8 rings (SSSR count). The molecule has 4 heterocycles. The standard InChI is InChI=1S/C44H40N6O6/c1-51-39-14-13-31-25-40(39)54-21-7-12-38(56-28-30-9-6-11-34(23-30)48-43-45-17-15-36(31)49-43)35-24-32-26-41(42(35)52-2)55-20-4-3-19-53-27-29-8-5-10-33(22-29)47-44-46-18-16-37(32)50-44/h3-18,22-26,38H,19-21,27-28H2,1-2H3,(H,45,48,49)(H,46,47,50)/b4-3+,12-7+. The van der Waals surface area contributed by atoms with Gasteiger partial charge in [-0.3, -0.25) is 0 Å². The first-order valence-corrected chi connectivity index (χ1v) is 18.2. The lowest BCUT2D eigenvalue weighted by atomic mass is 10.0. The van der Waals surface area contributed by atoms with Gasteiger partial charge in [0, 0.05) is 40.5 Å². The summed E-state index contributed by atoms with van der Waals surface area (Å²) in [5, 5.41) is 6.69. The Morgan fingerprint density at radius 3 is 2.02 bits per heavy atom. The lowest BCUT2D eigenvalue weighted by Gasteiger charge is -2.22. The molecule has 2 aliphatic rings. The molecule has 6 aromatic rings. The monoisotopic (exact) mass is 748 g/mol. The summed E-state index contributed by atoms with van der Waals surface area (Å²) in [5.41, 5.74) is 7.45. The van der Waals surface area contributed by atoms with E-state index in [4.69, 9.17) is 38.4 Å². The van der Waals surface area contributed by atoms with Gasteiger partial charge in [0.1, 0.15) is 19.3 Å². The molecular formula is C44H40N6O6. The number of anilines is 4. The number of methoxy groups -OCH3 is 2. The molecule has 0 spiro atoms. The summed E-state index contributed by atoms with van der Waals surface area (Å²) in [5.74, 6) is 3.14. The van der Waals surface area contributed by atoms with E-state index in [-0.39, 0.29) is 19.8 Å². The van der Waals surface area contributed by atoms with Crippen molar-refractivity contribution in [2.75, 3.05) is 44.7 Å². The van der Waals surface area contributed by atoms with Crippen molar-refractivity contribution in [3.63, 3.8) is 0 Å². The molecule has 2 aliphatic heterocycles. The van der Waals surface area contributed by atoms with Crippen molar-refractivity contribution in [2.45, 2.75) is 19.3 Å². The van der Waals surface area contributed by atoms with E-state index in [0.717, 1.165) is 44.9 Å². The van der Waals surface area contributed by atoms with E-state index in [9.17, 15) is 0 Å². The molecule has 2 aromatic heterocycles. The maximum absolute atomic E-state index is 6.74. The fourth-order valence-electron chi connectivity index (χ4n) is 6.42. The lowest BCUT2D eigenvalue weighted by Crippen LogP contribution is -2.08. The lowest BCUT2D eigenvalue weighted by molar-refractivity contribution is 0.0695. The van der Waals surface area contributed by atoms with Crippen LogP contribution >= 0.6 is 0 Å². The van der Waals surface area contributed by atoms with Crippen molar-refractivity contribution < 1.29 is 28.4 Å². The van der Waals surface area contributed by atoms with Gasteiger partial charge in [0.2, 0.25) is 11.9 Å². The average molecular weight is 749 g/mol. The Bertz CT molecular complexity index is 2380. The molecule has 4 aromatic carbocycles. The summed E-state index contributed by atoms with van der Waals surface area (Å²) in [4.78, 5) is 18.6. The van der Waals surface area contributed by atoms with Crippen molar-refractivity contribution in [3.8, 4) is 45.5 Å². The summed E-state index contributed by atoms with van der Waals surface area (Å²) in [6.07, 6.45) is 10.6. The van der Waals surface area contributed by atoms with E-state index in [0.29, 0.717) is 53.8 Å². The van der Waals surface area contributed by atoms with Gasteiger partial charge < -0.3 is 39.1 Å². The number of ether oxygens (including phenoxy) is 6. The predicted octanol–water partition coefficient (Wildman–Crippen LogP) is 8.78. The smallest absolute Gasteiger partial charge is 0.227 e. The van der Waals surface area contributed by atoms with Gasteiger partial charge in [0.25, 0.3) is 0 Å². The third-order valence-corrected chi connectivity index (χ3v) is 9.09. The van der Waals surface area contributed by atoms with Crippen molar-refractivity contribution in [1.29, 1.82) is 0 Å². The number of nitrogens with one attached hydrogen (secondary N) is 2. The molecule has 56 heavy (non-hydrogen) atoms. The summed E-state index contributed by atoms with van der Waals surface area (Å²) >= 11 is 0. The van der Waals surface area contributed by atoms with E-state index in [1.54, 1.807) is 26.6 Å². The molecule has 0 fully saturated rings. The number of rotatable bonds is 3. The van der Waals surface area contributed by atoms with Crippen LogP contribution in [0.1, 0.15) is 22.8 Å². The molecule has 1 atom stereocenters. The van der Waals surface area contributed by atoms with Crippen LogP contribution in [0.25, 0.3) is 22.5 Å². The van der Waals surface area contributed by atoms with Crippen LogP contribution in [-0.4, -0.2) is 54.0 Å². The Kier molecular flexibility index (Phi) is 11.1. The first-order chi connectivity index (χ1) is 27.6. The summed E-state index contributed by atoms with van der Waals surface area (Å²) in [6.45, 7) is 1.68. The molecule has 2 N–H and O–H groups in total. The highest BCUT2D eigenvalue weighted by Gasteiger charge is 2.22. The fraction of sp³-hybridized carbons (Fsp3) is 0.182. The van der Waals surface area contributed by atoms with Gasteiger partial charge in [-0.05, 0) is 90.0 Å². The highest BCUT2D eigenvalue weighted by Crippen LogP contribution is 2.42. The van der Waals surface area contributed by atoms with E-state index in [1.165, 1.54) is 0 Å². The Labute approximate surface area is 324 Å². The second-order valence-electron chi connectivity index (χ2n) is 12.9. The van der Waals surface area contributed by atoms with Crippen LogP contribution in [0.3, 0.4) is 0 Å². The van der Waals surface area contributed by atoms with Crippen molar-refractivity contribution >= 4 is 23.3 Å². The number of hydrogen-bond donors (Lipinski definition) is 2. The summed E-state index contributed by atoms with van der Waals surface area (Å²) in [7, 11) is 3.24. The first kappa shape index (κ1) is 36.2. The molecule has 1 unspecified atom stereocenters. The third kappa shape index (κ3) is 8.62. The van der Waals surface area contributed by atoms with Crippen LogP contribution in [0, 0.1) is 0 Å². The molecule has 282 valence electrons. The van der Waals surface area contributed by atoms with Crippen molar-refractivity contribution in [3.05, 3.63) is 144 Å². The van der Waals surface area contributed by atoms with Crippen molar-refractivity contribution in [1.82, 2.24) is 19.9 Å². The van der Waals surface area contributed by atoms with Crippen molar-refractivity contribution in [2.24, 2.45) is 0 Å². The zero-order valence-electron chi connectivity index (χ0n) is 31.0. The maximum Gasteiger partial charge on any atom is 0.227 e. The van der Waals surface area contributed by atoms with Gasteiger partial charge in [-0.25, -0.2) is 19.9 Å². The van der Waals surface area contributed by atoms with Crippen LogP contribution in [0.4, 0.5) is 23.3 Å². The predicted molar refractivity (Wildman–Crippen MR) is 214 cm³/mol. The van der Waals surface area contributed by atoms with Gasteiger partial charge in [-0.2, -0.15) is 0 Å². The highest BCUT2D eigenvalue weighted by atomic mass is 16.5. The molecule has 0 aliphatic carbocycles. The van der Waals surface area contributed by atoms with E-state index in [1.807, 2.05) is 115 Å². The number of fused-ring (bicyclic) bond motifs is 14. The minimum absolute atomic E-state index is 0.228. The van der Waals surface area contributed by atoms with Crippen LogP contribution in [-0.2, 0) is 22.7 Å². The Hall–Kier alpha value is -6.76. The Morgan fingerprint density at radius 1 is 0.625 bits per heavy atom. The number of nitrogens with zero attached hydrogens (tertiary/aromatic N) is 4. The summed E-state index contributed by atoms with van der Waals surface area (Å²) < 4.78 is 37.0. The molecule has 0 saturated heterocycles. The van der Waals surface area contributed by atoms with E-state index in [2.05, 4.69) is 20.6 Å². The maximum atomic E-state index is 6.74. The van der Waals surface area contributed by atoms with E-state index < -0.39 is 6.10 Å². The molecular weight excluding hydrogens is 709 g/mol. The average Bonchev–Trinajstić information content (AvgIpc) is 3.22. The highest BCUT2D eigenvalue weighted by molar-refractivity contribution is 5.69. The SMILES string of the molecule is COc1ccc2cc1OC/C=C/C(c1cc3cc(c1OC)OC/C=C/COCc1cccc(c1)Nc1nccc-3n1)OCc1cccc(c1)Nc1nccc-2n1. The van der Waals surface area contributed by atoms with Crippen LogP contribution in [0.15, 0.2) is 128 Å². The Morgan fingerprint density at radius 2 is 1.29 bits per heavy atom. The largest absolute Gasteiger partial charge is 0.493 e. The van der Waals surface area contributed by atoms with E-state index >= 15 is 0 Å². The summed E-state index contributed by atoms with van der Waals surface area (Å²) in [6, 6.07) is 29.4. The van der Waals surface area contributed by atoms with Gasteiger partial charge >= 0.3 is 0 Å². The third-order valence-electron chi connectivity index (χ3n) is 9.09. The zero-order chi connectivity index (χ0) is 38.1. The molecule has 0 radical (unpaired) electrons. The number of hydrogen-bond acceptors (Lipinski definition) is 12. The minimum atomic E-state index is -0.602. The minimum Gasteiger partial charge on any atom is -0.493 e. The zero-order valence-corrected chi connectivity index (χ0v) is 31.0. The number of aromatic nitrogens is 4. The van der Waals surface area contributed by atoms with Gasteiger partial charge in [0.05, 0.1) is 45.4 Å². The quantitative estimate of drug-likeness (QED) is 0.168. The number of benzene rings is 4. The van der Waals surface area contributed by atoms with Crippen LogP contribution < -0.4 is 29.6 Å². The molecule has 12 heteroatoms. The molecule has 0 saturated carbocycles. The van der Waals surface area contributed by atoms with Gasteiger partial charge in [-0.15, -0.1) is 0 Å². The second-order valence-corrected chi connectivity index (χ2v) is 12.9. The Balaban J connectivity index is 1.20. The van der Waals surface area contributed by atoms with Crippen LogP contribution in [0.2, 0.25) is 0 Å².